The van der Waals surface area contributed by atoms with Gasteiger partial charge in [0.25, 0.3) is 0 Å². The van der Waals surface area contributed by atoms with E-state index < -0.39 is 0 Å². The Kier molecular flexibility index (Phi) is 3.44. The second-order valence-electron chi connectivity index (χ2n) is 8.29. The van der Waals surface area contributed by atoms with Gasteiger partial charge in [-0.2, -0.15) is 4.98 Å². The van der Waals surface area contributed by atoms with Crippen LogP contribution >= 0.6 is 0 Å². The van der Waals surface area contributed by atoms with Gasteiger partial charge in [0.1, 0.15) is 0 Å². The summed E-state index contributed by atoms with van der Waals surface area (Å²) in [7, 11) is 0. The highest BCUT2D eigenvalue weighted by Gasteiger charge is 2.51. The molecule has 5 fully saturated rings. The van der Waals surface area contributed by atoms with E-state index >= 15 is 0 Å². The molecule has 0 spiro atoms. The van der Waals surface area contributed by atoms with Crippen molar-refractivity contribution in [3.8, 4) is 0 Å². The van der Waals surface area contributed by atoms with Crippen molar-refractivity contribution in [2.24, 2.45) is 17.8 Å². The number of anilines is 2. The predicted molar refractivity (Wildman–Crippen MR) is 89.5 cm³/mol. The van der Waals surface area contributed by atoms with E-state index in [-0.39, 0.29) is 11.4 Å². The molecule has 0 aromatic carbocycles. The molecular formula is C18H25FN4O. The molecule has 6 rings (SSSR count). The standard InChI is InChI=1S/C18H25FN4O/c19-15-11-20-17(23-1-3-24-4-2-23)21-16(15)22-18-8-12-5-13(9-18)7-14(6-12)10-18/h11-14H,1-10H2,(H,20,21,22). The average Bonchev–Trinajstić information content (AvgIpc) is 2.56. The molecule has 130 valence electrons. The summed E-state index contributed by atoms with van der Waals surface area (Å²) >= 11 is 0. The molecule has 4 saturated carbocycles. The molecule has 5 aliphatic rings. The second-order valence-corrected chi connectivity index (χ2v) is 8.29. The van der Waals surface area contributed by atoms with Crippen LogP contribution in [0.15, 0.2) is 6.20 Å². The Morgan fingerprint density at radius 1 is 1.08 bits per heavy atom. The smallest absolute Gasteiger partial charge is 0.227 e. The summed E-state index contributed by atoms with van der Waals surface area (Å²) in [6.45, 7) is 2.89. The third-order valence-electron chi connectivity index (χ3n) is 6.45. The highest BCUT2D eigenvalue weighted by molar-refractivity contribution is 5.45. The van der Waals surface area contributed by atoms with Crippen LogP contribution in [0, 0.1) is 23.6 Å². The van der Waals surface area contributed by atoms with E-state index in [4.69, 9.17) is 4.74 Å². The quantitative estimate of drug-likeness (QED) is 0.922. The average molecular weight is 332 g/mol. The van der Waals surface area contributed by atoms with Gasteiger partial charge in [0.15, 0.2) is 11.6 Å². The van der Waals surface area contributed by atoms with Crippen LogP contribution in [-0.4, -0.2) is 41.8 Å². The number of nitrogens with zero attached hydrogens (tertiary/aromatic N) is 3. The number of aromatic nitrogens is 2. The van der Waals surface area contributed by atoms with Gasteiger partial charge in [-0.15, -0.1) is 0 Å². The molecule has 6 heteroatoms. The minimum atomic E-state index is -0.331. The fraction of sp³-hybridized carbons (Fsp3) is 0.778. The number of morpholine rings is 1. The van der Waals surface area contributed by atoms with Gasteiger partial charge in [-0.05, 0) is 56.3 Å². The largest absolute Gasteiger partial charge is 0.378 e. The maximum atomic E-state index is 14.4. The number of ether oxygens (including phenoxy) is 1. The van der Waals surface area contributed by atoms with E-state index in [2.05, 4.69) is 20.2 Å². The van der Waals surface area contributed by atoms with Gasteiger partial charge in [-0.25, -0.2) is 9.37 Å². The van der Waals surface area contributed by atoms with Crippen LogP contribution in [0.5, 0.6) is 0 Å². The molecule has 24 heavy (non-hydrogen) atoms. The van der Waals surface area contributed by atoms with Crippen LogP contribution in [0.2, 0.25) is 0 Å². The van der Waals surface area contributed by atoms with Crippen LogP contribution in [0.25, 0.3) is 0 Å². The molecule has 1 saturated heterocycles. The molecule has 1 N–H and O–H groups in total. The van der Waals surface area contributed by atoms with E-state index in [9.17, 15) is 4.39 Å². The SMILES string of the molecule is Fc1cnc(N2CCOCC2)nc1NC12CC3CC(CC(C3)C1)C2. The molecule has 1 aromatic rings. The Balaban J connectivity index is 1.40. The zero-order valence-corrected chi connectivity index (χ0v) is 14.0. The predicted octanol–water partition coefficient (Wildman–Crippen LogP) is 2.83. The number of hydrogen-bond acceptors (Lipinski definition) is 5. The molecule has 0 atom stereocenters. The van der Waals surface area contributed by atoms with Gasteiger partial charge < -0.3 is 15.0 Å². The van der Waals surface area contributed by atoms with Gasteiger partial charge in [-0.1, -0.05) is 0 Å². The molecule has 0 unspecified atom stereocenters. The van der Waals surface area contributed by atoms with Crippen LogP contribution in [0.1, 0.15) is 38.5 Å². The highest BCUT2D eigenvalue weighted by atomic mass is 19.1. The lowest BCUT2D eigenvalue weighted by atomic mass is 9.53. The Bertz CT molecular complexity index is 596. The van der Waals surface area contributed by atoms with Gasteiger partial charge in [-0.3, -0.25) is 0 Å². The number of halogens is 1. The molecule has 4 aliphatic carbocycles. The van der Waals surface area contributed by atoms with Gasteiger partial charge in [0.05, 0.1) is 19.4 Å². The first-order valence-electron chi connectivity index (χ1n) is 9.32. The zero-order chi connectivity index (χ0) is 16.1. The minimum absolute atomic E-state index is 0.0617. The third-order valence-corrected chi connectivity index (χ3v) is 6.45. The van der Waals surface area contributed by atoms with Crippen molar-refractivity contribution in [2.45, 2.75) is 44.1 Å². The first kappa shape index (κ1) is 14.9. The van der Waals surface area contributed by atoms with Crippen molar-refractivity contribution in [3.63, 3.8) is 0 Å². The van der Waals surface area contributed by atoms with Crippen molar-refractivity contribution in [2.75, 3.05) is 36.5 Å². The van der Waals surface area contributed by atoms with E-state index in [1.807, 2.05) is 0 Å². The molecule has 0 radical (unpaired) electrons. The van der Waals surface area contributed by atoms with Gasteiger partial charge in [0.2, 0.25) is 5.95 Å². The maximum Gasteiger partial charge on any atom is 0.227 e. The van der Waals surface area contributed by atoms with Crippen molar-refractivity contribution in [1.29, 1.82) is 0 Å². The summed E-state index contributed by atoms with van der Waals surface area (Å²) in [5.74, 6) is 3.16. The monoisotopic (exact) mass is 332 g/mol. The fourth-order valence-corrected chi connectivity index (χ4v) is 5.88. The Morgan fingerprint density at radius 2 is 1.71 bits per heavy atom. The lowest BCUT2D eigenvalue weighted by Crippen LogP contribution is -2.55. The first-order chi connectivity index (χ1) is 11.7. The lowest BCUT2D eigenvalue weighted by Gasteiger charge is -2.57. The summed E-state index contributed by atoms with van der Waals surface area (Å²) in [5, 5.41) is 3.55. The summed E-state index contributed by atoms with van der Waals surface area (Å²) in [4.78, 5) is 10.8. The summed E-state index contributed by atoms with van der Waals surface area (Å²) in [6, 6.07) is 0. The summed E-state index contributed by atoms with van der Waals surface area (Å²) < 4.78 is 19.8. The third kappa shape index (κ3) is 2.55. The minimum Gasteiger partial charge on any atom is -0.378 e. The number of nitrogens with one attached hydrogen (secondary N) is 1. The van der Waals surface area contributed by atoms with E-state index in [0.29, 0.717) is 25.0 Å². The Labute approximate surface area is 142 Å². The van der Waals surface area contributed by atoms with Crippen molar-refractivity contribution < 1.29 is 9.13 Å². The first-order valence-corrected chi connectivity index (χ1v) is 9.32. The molecule has 4 bridgehead atoms. The Hall–Kier alpha value is -1.43. The second kappa shape index (κ2) is 5.55. The number of hydrogen-bond donors (Lipinski definition) is 1. The van der Waals surface area contributed by atoms with Crippen molar-refractivity contribution >= 4 is 11.8 Å². The molecule has 1 aliphatic heterocycles. The fourth-order valence-electron chi connectivity index (χ4n) is 5.88. The van der Waals surface area contributed by atoms with E-state index in [1.54, 1.807) is 0 Å². The highest BCUT2D eigenvalue weighted by Crippen LogP contribution is 2.56. The topological polar surface area (TPSA) is 50.3 Å². The lowest BCUT2D eigenvalue weighted by molar-refractivity contribution is 0.0104. The van der Waals surface area contributed by atoms with Gasteiger partial charge in [0, 0.05) is 18.6 Å². The summed E-state index contributed by atoms with van der Waals surface area (Å²) in [6.07, 6.45) is 8.99. The van der Waals surface area contributed by atoms with Crippen molar-refractivity contribution in [1.82, 2.24) is 9.97 Å². The molecule has 2 heterocycles. The van der Waals surface area contributed by atoms with Crippen LogP contribution in [0.3, 0.4) is 0 Å². The van der Waals surface area contributed by atoms with E-state index in [1.165, 1.54) is 44.7 Å². The van der Waals surface area contributed by atoms with E-state index in [0.717, 1.165) is 30.8 Å². The maximum absolute atomic E-state index is 14.4. The van der Waals surface area contributed by atoms with Crippen LogP contribution in [0.4, 0.5) is 16.2 Å². The van der Waals surface area contributed by atoms with Crippen molar-refractivity contribution in [3.05, 3.63) is 12.0 Å². The molecular weight excluding hydrogens is 307 g/mol. The van der Waals surface area contributed by atoms with Crippen LogP contribution in [-0.2, 0) is 4.74 Å². The van der Waals surface area contributed by atoms with Crippen LogP contribution < -0.4 is 10.2 Å². The molecule has 5 nitrogen and oxygen atoms in total. The number of rotatable bonds is 3. The molecule has 0 amide bonds. The Morgan fingerprint density at radius 3 is 2.33 bits per heavy atom. The van der Waals surface area contributed by atoms with Gasteiger partial charge >= 0.3 is 0 Å². The zero-order valence-electron chi connectivity index (χ0n) is 14.0. The molecule has 1 aromatic heterocycles. The summed E-state index contributed by atoms with van der Waals surface area (Å²) in [5.41, 5.74) is 0.0617. The normalized spacial score (nSPS) is 37.7.